The number of aromatic nitrogens is 1. The number of hydrogen-bond acceptors (Lipinski definition) is 5. The summed E-state index contributed by atoms with van der Waals surface area (Å²) < 4.78 is 16.3. The Morgan fingerprint density at radius 2 is 1.80 bits per heavy atom. The van der Waals surface area contributed by atoms with Crippen LogP contribution in [0.4, 0.5) is 0 Å². The summed E-state index contributed by atoms with van der Waals surface area (Å²) in [5.41, 5.74) is 4.12. The molecule has 0 spiro atoms. The van der Waals surface area contributed by atoms with E-state index in [1.807, 2.05) is 56.3 Å². The molecule has 1 heterocycles. The van der Waals surface area contributed by atoms with Gasteiger partial charge in [0.25, 0.3) is 0 Å². The fourth-order valence-electron chi connectivity index (χ4n) is 3.81. The number of methoxy groups -OCH3 is 2. The number of benzene rings is 2. The number of para-hydroxylation sites is 2. The lowest BCUT2D eigenvalue weighted by Gasteiger charge is -2.19. The topological polar surface area (TPSA) is 62.1 Å². The lowest BCUT2D eigenvalue weighted by Crippen LogP contribution is -3.06. The average Bonchev–Trinajstić information content (AvgIpc) is 2.73. The Morgan fingerprint density at radius 1 is 1.03 bits per heavy atom. The van der Waals surface area contributed by atoms with E-state index in [9.17, 15) is 4.79 Å². The summed E-state index contributed by atoms with van der Waals surface area (Å²) in [7, 11) is 5.34. The normalized spacial score (nSPS) is 11.9. The van der Waals surface area contributed by atoms with Gasteiger partial charge in [0.2, 0.25) is 0 Å². The van der Waals surface area contributed by atoms with E-state index in [0.717, 1.165) is 38.4 Å². The quantitative estimate of drug-likeness (QED) is 0.580. The number of esters is 1. The van der Waals surface area contributed by atoms with Gasteiger partial charge in [0.1, 0.15) is 18.8 Å². The molecule has 0 radical (unpaired) electrons. The number of fused-ring (bicyclic) bond motifs is 1. The minimum atomic E-state index is -0.324. The smallest absolute Gasteiger partial charge is 0.340 e. The highest BCUT2D eigenvalue weighted by Crippen LogP contribution is 2.30. The van der Waals surface area contributed by atoms with E-state index >= 15 is 0 Å². The summed E-state index contributed by atoms with van der Waals surface area (Å²) in [6.07, 6.45) is 0. The van der Waals surface area contributed by atoms with Crippen molar-refractivity contribution in [2.75, 3.05) is 27.9 Å². The zero-order valence-electron chi connectivity index (χ0n) is 18.2. The van der Waals surface area contributed by atoms with Crippen LogP contribution in [0, 0.1) is 6.92 Å². The van der Waals surface area contributed by atoms with E-state index in [1.165, 1.54) is 0 Å². The van der Waals surface area contributed by atoms with Crippen molar-refractivity contribution in [2.24, 2.45) is 0 Å². The molecule has 0 saturated carbocycles. The Morgan fingerprint density at radius 3 is 2.50 bits per heavy atom. The second-order valence-corrected chi connectivity index (χ2v) is 7.26. The van der Waals surface area contributed by atoms with Gasteiger partial charge in [-0.1, -0.05) is 24.3 Å². The largest absolute Gasteiger partial charge is 0.493 e. The van der Waals surface area contributed by atoms with E-state index in [1.54, 1.807) is 14.2 Å². The molecule has 1 atom stereocenters. The molecule has 0 amide bonds. The maximum Gasteiger partial charge on any atom is 0.340 e. The molecular weight excluding hydrogens is 380 g/mol. The first-order chi connectivity index (χ1) is 14.5. The van der Waals surface area contributed by atoms with Crippen molar-refractivity contribution >= 4 is 16.9 Å². The van der Waals surface area contributed by atoms with Crippen molar-refractivity contribution in [1.29, 1.82) is 0 Å². The van der Waals surface area contributed by atoms with Crippen LogP contribution in [-0.4, -0.2) is 38.8 Å². The monoisotopic (exact) mass is 409 g/mol. The molecule has 6 heteroatoms. The van der Waals surface area contributed by atoms with E-state index in [0.29, 0.717) is 31.0 Å². The summed E-state index contributed by atoms with van der Waals surface area (Å²) in [5.74, 6) is 1.11. The molecule has 1 N–H and O–H groups in total. The van der Waals surface area contributed by atoms with Gasteiger partial charge in [-0.25, -0.2) is 9.78 Å². The molecule has 1 unspecified atom stereocenters. The number of rotatable bonds is 8. The molecule has 0 saturated heterocycles. The summed E-state index contributed by atoms with van der Waals surface area (Å²) in [6, 6.07) is 13.7. The zero-order valence-corrected chi connectivity index (χ0v) is 18.2. The standard InChI is InChI=1S/C24H28N2O4/c1-6-30-24(27)22-16(2)18-11-7-8-12-19(18)25-20(22)15-26(3)14-17-10-9-13-21(28-4)23(17)29-5/h7-13H,6,14-15H2,1-5H3/p+1. The van der Waals surface area contributed by atoms with Crippen molar-refractivity contribution in [3.8, 4) is 11.5 Å². The van der Waals surface area contributed by atoms with Gasteiger partial charge >= 0.3 is 5.97 Å². The van der Waals surface area contributed by atoms with Crippen molar-refractivity contribution in [3.63, 3.8) is 0 Å². The predicted molar refractivity (Wildman–Crippen MR) is 116 cm³/mol. The first-order valence-corrected chi connectivity index (χ1v) is 10.1. The van der Waals surface area contributed by atoms with Gasteiger partial charge in [0.15, 0.2) is 11.5 Å². The third kappa shape index (κ3) is 4.39. The van der Waals surface area contributed by atoms with E-state index in [4.69, 9.17) is 19.2 Å². The number of nitrogens with zero attached hydrogens (tertiary/aromatic N) is 1. The van der Waals surface area contributed by atoms with Gasteiger partial charge in [-0.15, -0.1) is 0 Å². The number of pyridine rings is 1. The van der Waals surface area contributed by atoms with Crippen molar-refractivity contribution in [1.82, 2.24) is 4.98 Å². The number of hydrogen-bond donors (Lipinski definition) is 1. The first-order valence-electron chi connectivity index (χ1n) is 10.1. The fraction of sp³-hybridized carbons (Fsp3) is 0.333. The van der Waals surface area contributed by atoms with Gasteiger partial charge in [-0.2, -0.15) is 0 Å². The van der Waals surface area contributed by atoms with Gasteiger partial charge in [0, 0.05) is 5.39 Å². The molecule has 1 aromatic heterocycles. The van der Waals surface area contributed by atoms with Crippen molar-refractivity contribution in [2.45, 2.75) is 26.9 Å². The van der Waals surface area contributed by atoms with Crippen LogP contribution < -0.4 is 14.4 Å². The Bertz CT molecular complexity index is 1050. The van der Waals surface area contributed by atoms with E-state index < -0.39 is 0 Å². The van der Waals surface area contributed by atoms with Crippen molar-refractivity contribution < 1.29 is 23.9 Å². The Labute approximate surface area is 177 Å². The van der Waals surface area contributed by atoms with Crippen LogP contribution in [0.5, 0.6) is 11.5 Å². The molecular formula is C24H29N2O4+. The molecule has 0 aliphatic rings. The molecule has 3 rings (SSSR count). The minimum absolute atomic E-state index is 0.324. The zero-order chi connectivity index (χ0) is 21.7. The number of quaternary nitrogens is 1. The van der Waals surface area contributed by atoms with E-state index in [2.05, 4.69) is 7.05 Å². The SMILES string of the molecule is CCOC(=O)c1c(C[NH+](C)Cc2cccc(OC)c2OC)nc2ccccc2c1C. The molecule has 0 fully saturated rings. The van der Waals surface area contributed by atoms with Crippen LogP contribution in [0.1, 0.15) is 34.1 Å². The van der Waals surface area contributed by atoms with Gasteiger partial charge < -0.3 is 19.1 Å². The number of aryl methyl sites for hydroxylation is 1. The average molecular weight is 410 g/mol. The predicted octanol–water partition coefficient (Wildman–Crippen LogP) is 2.95. The molecule has 158 valence electrons. The van der Waals surface area contributed by atoms with Crippen LogP contribution in [0.3, 0.4) is 0 Å². The second-order valence-electron chi connectivity index (χ2n) is 7.26. The Hall–Kier alpha value is -3.12. The van der Waals surface area contributed by atoms with E-state index in [-0.39, 0.29) is 5.97 Å². The van der Waals surface area contributed by atoms with Crippen molar-refractivity contribution in [3.05, 3.63) is 64.8 Å². The third-order valence-corrected chi connectivity index (χ3v) is 5.15. The highest BCUT2D eigenvalue weighted by molar-refractivity contribution is 5.98. The maximum atomic E-state index is 12.7. The molecule has 3 aromatic rings. The highest BCUT2D eigenvalue weighted by Gasteiger charge is 2.23. The second kappa shape index (κ2) is 9.59. The number of ether oxygens (including phenoxy) is 3. The number of carbonyl (C=O) groups is 1. The van der Waals surface area contributed by atoms with Crippen LogP contribution in [-0.2, 0) is 17.8 Å². The number of nitrogens with one attached hydrogen (secondary N) is 1. The molecule has 2 aromatic carbocycles. The number of carbonyl (C=O) groups excluding carboxylic acids is 1. The van der Waals surface area contributed by atoms with Crippen LogP contribution in [0.15, 0.2) is 42.5 Å². The highest BCUT2D eigenvalue weighted by atomic mass is 16.5. The molecule has 0 aliphatic heterocycles. The minimum Gasteiger partial charge on any atom is -0.493 e. The van der Waals surface area contributed by atoms with Crippen LogP contribution in [0.25, 0.3) is 10.9 Å². The van der Waals surface area contributed by atoms with Gasteiger partial charge in [-0.05, 0) is 37.6 Å². The van der Waals surface area contributed by atoms with Gasteiger partial charge in [-0.3, -0.25) is 0 Å². The molecule has 0 aliphatic carbocycles. The summed E-state index contributed by atoms with van der Waals surface area (Å²) >= 11 is 0. The van der Waals surface area contributed by atoms with Crippen LogP contribution in [0.2, 0.25) is 0 Å². The summed E-state index contributed by atoms with van der Waals surface area (Å²) in [5, 5.41) is 0.969. The summed E-state index contributed by atoms with van der Waals surface area (Å²) in [6.45, 7) is 5.36. The van der Waals surface area contributed by atoms with Crippen LogP contribution >= 0.6 is 0 Å². The maximum absolute atomic E-state index is 12.7. The summed E-state index contributed by atoms with van der Waals surface area (Å²) in [4.78, 5) is 18.7. The molecule has 6 nitrogen and oxygen atoms in total. The fourth-order valence-corrected chi connectivity index (χ4v) is 3.81. The third-order valence-electron chi connectivity index (χ3n) is 5.15. The van der Waals surface area contributed by atoms with Gasteiger partial charge in [0.05, 0.1) is 44.5 Å². The lowest BCUT2D eigenvalue weighted by molar-refractivity contribution is -0.908. The lowest BCUT2D eigenvalue weighted by atomic mass is 10.0. The first kappa shape index (κ1) is 21.6. The Kier molecular flexibility index (Phi) is 6.90. The molecule has 0 bridgehead atoms. The molecule has 30 heavy (non-hydrogen) atoms. The Balaban J connectivity index is 1.96.